The Kier molecular flexibility index (Phi) is 3.19. The van der Waals surface area contributed by atoms with E-state index in [1.165, 1.54) is 12.8 Å². The Morgan fingerprint density at radius 2 is 2.42 bits per heavy atom. The Balaban J connectivity index is 0.000000720. The molecule has 0 unspecified atom stereocenters. The van der Waals surface area contributed by atoms with Gasteiger partial charge in [-0.2, -0.15) is 0 Å². The third-order valence-corrected chi connectivity index (χ3v) is 1.87. The van der Waals surface area contributed by atoms with E-state index in [9.17, 15) is 4.79 Å². The third-order valence-electron chi connectivity index (χ3n) is 1.87. The van der Waals surface area contributed by atoms with Crippen LogP contribution >= 0.6 is 0 Å². The maximum Gasteiger partial charge on any atom is 0.123 e. The molecule has 2 rings (SSSR count). The Labute approximate surface area is 84.6 Å². The van der Waals surface area contributed by atoms with Crippen LogP contribution in [-0.2, 0) is 31.6 Å². The zero-order valence-corrected chi connectivity index (χ0v) is 8.03. The third kappa shape index (κ3) is 2.03. The first kappa shape index (κ1) is 9.63. The molecular formula is C8H9N2OPd-. The smallest absolute Gasteiger partial charge is 0.123 e. The molecule has 1 fully saturated rings. The molecular weight excluding hydrogens is 247 g/mol. The van der Waals surface area contributed by atoms with Crippen molar-refractivity contribution in [1.82, 2.24) is 9.97 Å². The van der Waals surface area contributed by atoms with Crippen molar-refractivity contribution in [2.24, 2.45) is 0 Å². The fraction of sp³-hybridized carbons (Fsp3) is 0.500. The second-order valence-corrected chi connectivity index (χ2v) is 2.86. The molecule has 4 heteroatoms. The zero-order chi connectivity index (χ0) is 7.68. The molecule has 0 amide bonds. The first-order valence-corrected chi connectivity index (χ1v) is 3.82. The fourth-order valence-electron chi connectivity index (χ4n) is 1.10. The molecule has 1 aliphatic carbocycles. The van der Waals surface area contributed by atoms with Gasteiger partial charge in [0.1, 0.15) is 6.29 Å². The summed E-state index contributed by atoms with van der Waals surface area (Å²) in [5.74, 6) is 1.31. The van der Waals surface area contributed by atoms with Crippen molar-refractivity contribution in [2.75, 3.05) is 0 Å². The van der Waals surface area contributed by atoms with Crippen LogP contribution in [-0.4, -0.2) is 11.3 Å². The summed E-state index contributed by atoms with van der Waals surface area (Å²) < 4.78 is 0. The van der Waals surface area contributed by atoms with E-state index >= 15 is 0 Å². The van der Waals surface area contributed by atoms with Gasteiger partial charge in [0, 0.05) is 26.8 Å². The quantitative estimate of drug-likeness (QED) is 0.589. The van der Waals surface area contributed by atoms with E-state index in [0.717, 1.165) is 12.0 Å². The topological polar surface area (TPSA) is 44.1 Å². The molecule has 0 spiro atoms. The molecule has 1 aromatic heterocycles. The van der Waals surface area contributed by atoms with Gasteiger partial charge >= 0.3 is 0 Å². The van der Waals surface area contributed by atoms with Gasteiger partial charge in [-0.15, -0.1) is 0 Å². The summed E-state index contributed by atoms with van der Waals surface area (Å²) in [5, 5.41) is 0. The van der Waals surface area contributed by atoms with Gasteiger partial charge in [-0.1, -0.05) is 17.7 Å². The van der Waals surface area contributed by atoms with E-state index in [-0.39, 0.29) is 20.4 Å². The van der Waals surface area contributed by atoms with E-state index in [0.29, 0.717) is 18.2 Å². The molecule has 0 saturated heterocycles. The largest absolute Gasteiger partial charge is 0.446 e. The van der Waals surface area contributed by atoms with Crippen LogP contribution < -0.4 is 4.98 Å². The van der Waals surface area contributed by atoms with Crippen molar-refractivity contribution < 1.29 is 25.2 Å². The monoisotopic (exact) mass is 255 g/mol. The van der Waals surface area contributed by atoms with Crippen LogP contribution in [0.15, 0.2) is 6.20 Å². The fourth-order valence-corrected chi connectivity index (χ4v) is 1.10. The van der Waals surface area contributed by atoms with Crippen molar-refractivity contribution in [2.45, 2.75) is 25.2 Å². The number of hydrogen-bond donors (Lipinski definition) is 0. The average molecular weight is 256 g/mol. The van der Waals surface area contributed by atoms with E-state index in [2.05, 4.69) is 9.97 Å². The second kappa shape index (κ2) is 3.97. The predicted molar refractivity (Wildman–Crippen MR) is 39.3 cm³/mol. The van der Waals surface area contributed by atoms with Crippen molar-refractivity contribution >= 4 is 6.29 Å². The Bertz CT molecular complexity index is 268. The minimum Gasteiger partial charge on any atom is -0.446 e. The van der Waals surface area contributed by atoms with Gasteiger partial charge in [0.2, 0.25) is 0 Å². The van der Waals surface area contributed by atoms with E-state index in [1.54, 1.807) is 6.20 Å². The van der Waals surface area contributed by atoms with E-state index in [4.69, 9.17) is 0 Å². The van der Waals surface area contributed by atoms with Gasteiger partial charge in [0.15, 0.2) is 0 Å². The normalized spacial score (nSPS) is 15.3. The summed E-state index contributed by atoms with van der Waals surface area (Å²) in [6, 6.07) is 0. The number of carbonyl (C=O) groups excluding carboxylic acids is 1. The summed E-state index contributed by atoms with van der Waals surface area (Å²) in [7, 11) is 0. The molecule has 0 N–H and O–H groups in total. The van der Waals surface area contributed by atoms with Gasteiger partial charge in [0.05, 0.1) is 0 Å². The Hall–Kier alpha value is -0.458. The minimum absolute atomic E-state index is 0. The molecule has 0 bridgehead atoms. The SMILES string of the molecule is O=CCc1ncc(C2CC2)[n-]1.[Pd]. The van der Waals surface area contributed by atoms with Crippen LogP contribution in [0.25, 0.3) is 0 Å². The van der Waals surface area contributed by atoms with E-state index < -0.39 is 0 Å². The number of aldehydes is 1. The predicted octanol–water partition coefficient (Wildman–Crippen LogP) is 0.655. The summed E-state index contributed by atoms with van der Waals surface area (Å²) in [4.78, 5) is 18.3. The molecule has 1 aromatic rings. The van der Waals surface area contributed by atoms with Gasteiger partial charge in [-0.05, 0) is 18.8 Å². The van der Waals surface area contributed by atoms with Crippen molar-refractivity contribution in [3.8, 4) is 0 Å². The van der Waals surface area contributed by atoms with Crippen molar-refractivity contribution in [1.29, 1.82) is 0 Å². The number of rotatable bonds is 3. The first-order valence-electron chi connectivity index (χ1n) is 3.82. The van der Waals surface area contributed by atoms with Crippen molar-refractivity contribution in [3.05, 3.63) is 17.7 Å². The van der Waals surface area contributed by atoms with Crippen LogP contribution in [0.4, 0.5) is 0 Å². The first-order chi connectivity index (χ1) is 5.40. The molecule has 1 heterocycles. The van der Waals surface area contributed by atoms with Gasteiger partial charge in [-0.3, -0.25) is 0 Å². The molecule has 0 radical (unpaired) electrons. The number of carbonyl (C=O) groups is 1. The molecule has 3 nitrogen and oxygen atoms in total. The summed E-state index contributed by atoms with van der Waals surface area (Å²) in [6.07, 6.45) is 5.45. The molecule has 12 heavy (non-hydrogen) atoms. The Morgan fingerprint density at radius 3 is 3.00 bits per heavy atom. The van der Waals surface area contributed by atoms with E-state index in [1.807, 2.05) is 0 Å². The zero-order valence-electron chi connectivity index (χ0n) is 6.47. The van der Waals surface area contributed by atoms with Crippen LogP contribution in [0.2, 0.25) is 0 Å². The van der Waals surface area contributed by atoms with Crippen molar-refractivity contribution in [3.63, 3.8) is 0 Å². The average Bonchev–Trinajstić information content (AvgIpc) is 2.75. The number of imidazole rings is 1. The molecule has 1 aliphatic rings. The maximum atomic E-state index is 10.1. The molecule has 68 valence electrons. The second-order valence-electron chi connectivity index (χ2n) is 2.86. The van der Waals surface area contributed by atoms with Crippen LogP contribution in [0, 0.1) is 0 Å². The van der Waals surface area contributed by atoms with Crippen LogP contribution in [0.1, 0.15) is 30.3 Å². The summed E-state index contributed by atoms with van der Waals surface area (Å²) in [6.45, 7) is 0. The molecule has 0 aromatic carbocycles. The minimum atomic E-state index is 0. The number of hydrogen-bond acceptors (Lipinski definition) is 2. The van der Waals surface area contributed by atoms with Gasteiger partial charge < -0.3 is 14.8 Å². The molecule has 0 atom stereocenters. The van der Waals surface area contributed by atoms with Gasteiger partial charge in [0.25, 0.3) is 0 Å². The van der Waals surface area contributed by atoms with Crippen LogP contribution in [0.5, 0.6) is 0 Å². The maximum absolute atomic E-state index is 10.1. The van der Waals surface area contributed by atoms with Crippen LogP contribution in [0.3, 0.4) is 0 Å². The molecule has 0 aliphatic heterocycles. The number of aromatic nitrogens is 2. The standard InChI is InChI=1S/C8H9N2O.Pd/c11-4-3-8-9-5-7(10-8)6-1-2-6;/h4-6H,1-3H2;/q-1;. The molecule has 1 saturated carbocycles. The summed E-state index contributed by atoms with van der Waals surface area (Å²) in [5.41, 5.74) is 1.07. The van der Waals surface area contributed by atoms with Gasteiger partial charge in [-0.25, -0.2) is 0 Å². The summed E-state index contributed by atoms with van der Waals surface area (Å²) >= 11 is 0. The Morgan fingerprint density at radius 1 is 1.67 bits per heavy atom. The number of nitrogens with zero attached hydrogens (tertiary/aromatic N) is 2.